The Hall–Kier alpha value is -3.22. The molecule has 2 heterocycles. The molecule has 6 nitrogen and oxygen atoms in total. The number of pyridine rings is 1. The lowest BCUT2D eigenvalue weighted by Crippen LogP contribution is -2.23. The molecular weight excluding hydrogens is 301 g/mol. The minimum absolute atomic E-state index is 0.121. The summed E-state index contributed by atoms with van der Waals surface area (Å²) in [4.78, 5) is 25.3. The van der Waals surface area contributed by atoms with Gasteiger partial charge in [-0.05, 0) is 18.2 Å². The Labute approximate surface area is 129 Å². The number of aromatic nitrogens is 2. The van der Waals surface area contributed by atoms with Crippen LogP contribution in [0.25, 0.3) is 11.3 Å². The molecule has 0 aliphatic carbocycles. The third kappa shape index (κ3) is 3.34. The van der Waals surface area contributed by atoms with E-state index in [2.05, 4.69) is 15.5 Å². The zero-order chi connectivity index (χ0) is 16.2. The molecule has 2 aromatic heterocycles. The van der Waals surface area contributed by atoms with E-state index in [0.29, 0.717) is 16.8 Å². The lowest BCUT2D eigenvalue weighted by atomic mass is 10.1. The molecule has 0 fully saturated rings. The minimum atomic E-state index is -0.410. The molecule has 0 bridgehead atoms. The fourth-order valence-electron chi connectivity index (χ4n) is 2.01. The molecule has 116 valence electrons. The monoisotopic (exact) mass is 313 g/mol. The zero-order valence-corrected chi connectivity index (χ0v) is 11.9. The molecule has 0 atom stereocenters. The van der Waals surface area contributed by atoms with Gasteiger partial charge >= 0.3 is 0 Å². The Morgan fingerprint density at radius 1 is 1.26 bits per heavy atom. The Morgan fingerprint density at radius 2 is 2.09 bits per heavy atom. The van der Waals surface area contributed by atoms with E-state index in [1.165, 1.54) is 24.4 Å². The summed E-state index contributed by atoms with van der Waals surface area (Å²) in [6.07, 6.45) is 1.32. The number of hydrogen-bond acceptors (Lipinski definition) is 4. The van der Waals surface area contributed by atoms with Crippen molar-refractivity contribution < 1.29 is 13.7 Å². The van der Waals surface area contributed by atoms with Gasteiger partial charge < -0.3 is 14.8 Å². The van der Waals surface area contributed by atoms with Crippen molar-refractivity contribution in [3.63, 3.8) is 0 Å². The fraction of sp³-hybridized carbons (Fsp3) is 0.0625. The number of rotatable bonds is 4. The Morgan fingerprint density at radius 3 is 2.83 bits per heavy atom. The third-order valence-electron chi connectivity index (χ3n) is 3.17. The van der Waals surface area contributed by atoms with Crippen molar-refractivity contribution in [2.75, 3.05) is 0 Å². The predicted molar refractivity (Wildman–Crippen MR) is 80.1 cm³/mol. The van der Waals surface area contributed by atoms with Gasteiger partial charge in [0.05, 0.1) is 17.7 Å². The van der Waals surface area contributed by atoms with E-state index >= 15 is 0 Å². The van der Waals surface area contributed by atoms with E-state index in [-0.39, 0.29) is 23.8 Å². The average molecular weight is 313 g/mol. The second-order valence-electron chi connectivity index (χ2n) is 4.79. The molecule has 0 unspecified atom stereocenters. The topological polar surface area (TPSA) is 88.0 Å². The maximum atomic E-state index is 13.7. The lowest BCUT2D eigenvalue weighted by molar-refractivity contribution is 0.0949. The maximum Gasteiger partial charge on any atom is 0.253 e. The highest BCUT2D eigenvalue weighted by Gasteiger charge is 2.12. The standard InChI is InChI=1S/C16H12FN3O3/c17-13-4-2-1-3-12(13)14-7-11(20-23-14)9-19-16(22)10-5-6-15(21)18-8-10/h1-8H,9H2,(H,18,21)(H,19,22). The van der Waals surface area contributed by atoms with Gasteiger partial charge in [-0.3, -0.25) is 9.59 Å². The summed E-state index contributed by atoms with van der Waals surface area (Å²) in [5, 5.41) is 6.44. The van der Waals surface area contributed by atoms with Crippen LogP contribution in [0.1, 0.15) is 16.1 Å². The van der Waals surface area contributed by atoms with E-state index < -0.39 is 5.82 Å². The van der Waals surface area contributed by atoms with Gasteiger partial charge in [0.2, 0.25) is 5.56 Å². The number of H-pyrrole nitrogens is 1. The largest absolute Gasteiger partial charge is 0.356 e. The third-order valence-corrected chi connectivity index (χ3v) is 3.17. The van der Waals surface area contributed by atoms with Gasteiger partial charge in [-0.25, -0.2) is 4.39 Å². The van der Waals surface area contributed by atoms with Crippen LogP contribution >= 0.6 is 0 Å². The van der Waals surface area contributed by atoms with Gasteiger partial charge in [-0.15, -0.1) is 0 Å². The summed E-state index contributed by atoms with van der Waals surface area (Å²) in [5.74, 6) is -0.486. The van der Waals surface area contributed by atoms with Crippen LogP contribution in [0.5, 0.6) is 0 Å². The minimum Gasteiger partial charge on any atom is -0.356 e. The van der Waals surface area contributed by atoms with Gasteiger partial charge in [0.25, 0.3) is 5.91 Å². The molecule has 7 heteroatoms. The number of carbonyl (C=O) groups is 1. The molecule has 0 spiro atoms. The van der Waals surface area contributed by atoms with Crippen LogP contribution in [-0.4, -0.2) is 16.0 Å². The number of halogens is 1. The first-order valence-electron chi connectivity index (χ1n) is 6.81. The number of amides is 1. The summed E-state index contributed by atoms with van der Waals surface area (Å²) < 4.78 is 18.8. The van der Waals surface area contributed by atoms with E-state index in [9.17, 15) is 14.0 Å². The zero-order valence-electron chi connectivity index (χ0n) is 11.9. The molecule has 1 aromatic carbocycles. The van der Waals surface area contributed by atoms with Crippen LogP contribution in [0.2, 0.25) is 0 Å². The van der Waals surface area contributed by atoms with Gasteiger partial charge in [0.15, 0.2) is 5.76 Å². The number of benzene rings is 1. The number of nitrogens with zero attached hydrogens (tertiary/aromatic N) is 1. The fourth-order valence-corrected chi connectivity index (χ4v) is 2.01. The van der Waals surface area contributed by atoms with Crippen LogP contribution < -0.4 is 10.9 Å². The molecule has 2 N–H and O–H groups in total. The molecule has 3 rings (SSSR count). The van der Waals surface area contributed by atoms with E-state index in [1.807, 2.05) is 0 Å². The van der Waals surface area contributed by atoms with E-state index in [4.69, 9.17) is 4.52 Å². The normalized spacial score (nSPS) is 10.5. The number of aromatic amines is 1. The quantitative estimate of drug-likeness (QED) is 0.772. The highest BCUT2D eigenvalue weighted by Crippen LogP contribution is 2.23. The molecule has 0 aliphatic heterocycles. The van der Waals surface area contributed by atoms with Crippen molar-refractivity contribution in [1.82, 2.24) is 15.5 Å². The van der Waals surface area contributed by atoms with Gasteiger partial charge in [0.1, 0.15) is 11.5 Å². The molecule has 0 saturated heterocycles. The van der Waals surface area contributed by atoms with Crippen molar-refractivity contribution in [2.45, 2.75) is 6.54 Å². The second kappa shape index (κ2) is 6.27. The highest BCUT2D eigenvalue weighted by atomic mass is 19.1. The molecule has 1 amide bonds. The van der Waals surface area contributed by atoms with Crippen molar-refractivity contribution in [2.24, 2.45) is 0 Å². The summed E-state index contributed by atoms with van der Waals surface area (Å²) >= 11 is 0. The van der Waals surface area contributed by atoms with Crippen molar-refractivity contribution in [1.29, 1.82) is 0 Å². The average Bonchev–Trinajstić information content (AvgIpc) is 3.02. The summed E-state index contributed by atoms with van der Waals surface area (Å²) in [6, 6.07) is 10.4. The van der Waals surface area contributed by atoms with Crippen LogP contribution in [0.3, 0.4) is 0 Å². The first-order chi connectivity index (χ1) is 11.1. The molecule has 23 heavy (non-hydrogen) atoms. The number of hydrogen-bond donors (Lipinski definition) is 2. The van der Waals surface area contributed by atoms with Crippen LogP contribution in [0.15, 0.2) is 58.0 Å². The molecule has 0 aliphatic rings. The van der Waals surface area contributed by atoms with Gasteiger partial charge in [0, 0.05) is 18.3 Å². The number of nitrogens with one attached hydrogen (secondary N) is 2. The van der Waals surface area contributed by atoms with Gasteiger partial charge in [-0.1, -0.05) is 17.3 Å². The second-order valence-corrected chi connectivity index (χ2v) is 4.79. The first kappa shape index (κ1) is 14.7. The molecule has 0 saturated carbocycles. The summed E-state index contributed by atoms with van der Waals surface area (Å²) in [5.41, 5.74) is 0.800. The Bertz CT molecular complexity index is 881. The summed E-state index contributed by atoms with van der Waals surface area (Å²) in [6.45, 7) is 0.121. The van der Waals surface area contributed by atoms with Crippen molar-refractivity contribution in [3.8, 4) is 11.3 Å². The Kier molecular flexibility index (Phi) is 4.01. The lowest BCUT2D eigenvalue weighted by Gasteiger charge is -2.01. The van der Waals surface area contributed by atoms with Crippen molar-refractivity contribution in [3.05, 3.63) is 76.1 Å². The molecule has 0 radical (unpaired) electrons. The first-order valence-corrected chi connectivity index (χ1v) is 6.81. The predicted octanol–water partition coefficient (Wildman–Crippen LogP) is 2.10. The van der Waals surface area contributed by atoms with Gasteiger partial charge in [-0.2, -0.15) is 0 Å². The highest BCUT2D eigenvalue weighted by molar-refractivity contribution is 5.93. The molecular formula is C16H12FN3O3. The maximum absolute atomic E-state index is 13.7. The van der Waals surface area contributed by atoms with E-state index in [1.54, 1.807) is 24.3 Å². The van der Waals surface area contributed by atoms with Crippen molar-refractivity contribution >= 4 is 5.91 Å². The van der Waals surface area contributed by atoms with E-state index in [0.717, 1.165) is 0 Å². The smallest absolute Gasteiger partial charge is 0.253 e. The Balaban J connectivity index is 1.68. The number of carbonyl (C=O) groups excluding carboxylic acids is 1. The summed E-state index contributed by atoms with van der Waals surface area (Å²) in [7, 11) is 0. The van der Waals surface area contributed by atoms with Crippen LogP contribution in [0.4, 0.5) is 4.39 Å². The van der Waals surface area contributed by atoms with Crippen LogP contribution in [0, 0.1) is 5.82 Å². The molecule has 3 aromatic rings. The van der Waals surface area contributed by atoms with Crippen LogP contribution in [-0.2, 0) is 6.54 Å². The SMILES string of the molecule is O=C(NCc1cc(-c2ccccc2F)on1)c1ccc(=O)[nH]c1.